The van der Waals surface area contributed by atoms with Gasteiger partial charge in [-0.05, 0) is 13.8 Å². The SMILES string of the molecule is Cc1nc(-c2csc(CC(C)N)n2)cs1. The number of hydrogen-bond acceptors (Lipinski definition) is 5. The number of aryl methyl sites for hydroxylation is 1. The summed E-state index contributed by atoms with van der Waals surface area (Å²) >= 11 is 3.31. The number of aromatic nitrogens is 2. The fraction of sp³-hybridized carbons (Fsp3) is 0.400. The normalized spacial score (nSPS) is 13.0. The summed E-state index contributed by atoms with van der Waals surface area (Å²) in [6.45, 7) is 4.00. The van der Waals surface area contributed by atoms with Crippen LogP contribution in [0.15, 0.2) is 10.8 Å². The highest BCUT2D eigenvalue weighted by Crippen LogP contribution is 2.23. The van der Waals surface area contributed by atoms with Crippen LogP contribution in [0.25, 0.3) is 11.4 Å². The molecule has 0 saturated carbocycles. The predicted molar refractivity (Wildman–Crippen MR) is 65.3 cm³/mol. The molecule has 2 rings (SSSR count). The van der Waals surface area contributed by atoms with E-state index < -0.39 is 0 Å². The molecule has 1 atom stereocenters. The molecule has 1 unspecified atom stereocenters. The van der Waals surface area contributed by atoms with Gasteiger partial charge in [-0.2, -0.15) is 0 Å². The first-order valence-corrected chi connectivity index (χ1v) is 6.53. The van der Waals surface area contributed by atoms with E-state index in [4.69, 9.17) is 5.73 Å². The molecule has 80 valence electrons. The molecule has 2 aromatic rings. The van der Waals surface area contributed by atoms with E-state index in [0.717, 1.165) is 27.8 Å². The van der Waals surface area contributed by atoms with Crippen LogP contribution in [-0.4, -0.2) is 16.0 Å². The molecule has 15 heavy (non-hydrogen) atoms. The van der Waals surface area contributed by atoms with E-state index in [1.807, 2.05) is 24.6 Å². The van der Waals surface area contributed by atoms with Crippen molar-refractivity contribution in [3.05, 3.63) is 20.8 Å². The van der Waals surface area contributed by atoms with Gasteiger partial charge in [-0.3, -0.25) is 0 Å². The van der Waals surface area contributed by atoms with Gasteiger partial charge in [0.1, 0.15) is 11.4 Å². The topological polar surface area (TPSA) is 51.8 Å². The summed E-state index contributed by atoms with van der Waals surface area (Å²) in [6.07, 6.45) is 0.841. The quantitative estimate of drug-likeness (QED) is 0.895. The first-order chi connectivity index (χ1) is 7.15. The summed E-state index contributed by atoms with van der Waals surface area (Å²) in [5.41, 5.74) is 7.68. The highest BCUT2D eigenvalue weighted by Gasteiger charge is 2.08. The van der Waals surface area contributed by atoms with Gasteiger partial charge in [0.15, 0.2) is 0 Å². The third-order valence-corrected chi connectivity index (χ3v) is 3.57. The van der Waals surface area contributed by atoms with E-state index in [9.17, 15) is 0 Å². The van der Waals surface area contributed by atoms with Gasteiger partial charge < -0.3 is 5.73 Å². The number of hydrogen-bond donors (Lipinski definition) is 1. The minimum Gasteiger partial charge on any atom is -0.328 e. The Hall–Kier alpha value is -0.780. The molecule has 2 aromatic heterocycles. The molecule has 0 radical (unpaired) electrons. The lowest BCUT2D eigenvalue weighted by molar-refractivity contribution is 0.734. The Labute approximate surface area is 97.0 Å². The van der Waals surface area contributed by atoms with Gasteiger partial charge in [0.05, 0.1) is 10.0 Å². The zero-order chi connectivity index (χ0) is 10.8. The molecule has 0 aliphatic heterocycles. The van der Waals surface area contributed by atoms with Crippen LogP contribution in [-0.2, 0) is 6.42 Å². The van der Waals surface area contributed by atoms with Crippen molar-refractivity contribution in [3.63, 3.8) is 0 Å². The Balaban J connectivity index is 2.20. The monoisotopic (exact) mass is 239 g/mol. The number of thiazole rings is 2. The molecule has 0 amide bonds. The second-order valence-corrected chi connectivity index (χ2v) is 5.56. The molecule has 0 fully saturated rings. The van der Waals surface area contributed by atoms with Gasteiger partial charge in [0.25, 0.3) is 0 Å². The van der Waals surface area contributed by atoms with Gasteiger partial charge in [-0.1, -0.05) is 0 Å². The molecule has 5 heteroatoms. The van der Waals surface area contributed by atoms with Crippen molar-refractivity contribution < 1.29 is 0 Å². The Morgan fingerprint density at radius 1 is 1.27 bits per heavy atom. The fourth-order valence-corrected chi connectivity index (χ4v) is 2.82. The van der Waals surface area contributed by atoms with Gasteiger partial charge in [-0.25, -0.2) is 9.97 Å². The predicted octanol–water partition coefficient (Wildman–Crippen LogP) is 2.46. The van der Waals surface area contributed by atoms with Crippen LogP contribution < -0.4 is 5.73 Å². The summed E-state index contributed by atoms with van der Waals surface area (Å²) in [5.74, 6) is 0. The van der Waals surface area contributed by atoms with Crippen molar-refractivity contribution in [3.8, 4) is 11.4 Å². The first-order valence-electron chi connectivity index (χ1n) is 4.77. The third kappa shape index (κ3) is 2.62. The van der Waals surface area contributed by atoms with Crippen LogP contribution in [0.3, 0.4) is 0 Å². The summed E-state index contributed by atoms with van der Waals surface area (Å²) in [5, 5.41) is 6.25. The van der Waals surface area contributed by atoms with E-state index in [0.29, 0.717) is 0 Å². The van der Waals surface area contributed by atoms with Crippen LogP contribution in [0.4, 0.5) is 0 Å². The van der Waals surface area contributed by atoms with E-state index in [2.05, 4.69) is 9.97 Å². The maximum Gasteiger partial charge on any atom is 0.101 e. The highest BCUT2D eigenvalue weighted by molar-refractivity contribution is 7.10. The second kappa shape index (κ2) is 4.38. The molecule has 3 nitrogen and oxygen atoms in total. The zero-order valence-corrected chi connectivity index (χ0v) is 10.4. The molecular formula is C10H13N3S2. The fourth-order valence-electron chi connectivity index (χ4n) is 1.28. The maximum absolute atomic E-state index is 5.73. The average Bonchev–Trinajstić information content (AvgIpc) is 2.72. The summed E-state index contributed by atoms with van der Waals surface area (Å²) in [6, 6.07) is 0.168. The van der Waals surface area contributed by atoms with Crippen LogP contribution >= 0.6 is 22.7 Å². The van der Waals surface area contributed by atoms with Gasteiger partial charge >= 0.3 is 0 Å². The molecule has 2 heterocycles. The maximum atomic E-state index is 5.73. The summed E-state index contributed by atoms with van der Waals surface area (Å²) in [7, 11) is 0. The second-order valence-electron chi connectivity index (χ2n) is 3.56. The van der Waals surface area contributed by atoms with E-state index in [-0.39, 0.29) is 6.04 Å². The third-order valence-electron chi connectivity index (χ3n) is 1.93. The lowest BCUT2D eigenvalue weighted by Gasteiger charge is -1.98. The number of nitrogens with zero attached hydrogens (tertiary/aromatic N) is 2. The van der Waals surface area contributed by atoms with Crippen molar-refractivity contribution in [1.82, 2.24) is 9.97 Å². The standard InChI is InChI=1S/C10H13N3S2/c1-6(11)3-10-13-9(5-15-10)8-4-14-7(2)12-8/h4-6H,3,11H2,1-2H3. The molecule has 0 spiro atoms. The number of rotatable bonds is 3. The Morgan fingerprint density at radius 2 is 1.93 bits per heavy atom. The van der Waals surface area contributed by atoms with Crippen molar-refractivity contribution in [1.29, 1.82) is 0 Å². The van der Waals surface area contributed by atoms with Crippen LogP contribution in [0.2, 0.25) is 0 Å². The van der Waals surface area contributed by atoms with Crippen molar-refractivity contribution in [2.45, 2.75) is 26.3 Å². The summed E-state index contributed by atoms with van der Waals surface area (Å²) in [4.78, 5) is 8.92. The Kier molecular flexibility index (Phi) is 3.14. The van der Waals surface area contributed by atoms with E-state index in [1.54, 1.807) is 22.7 Å². The smallest absolute Gasteiger partial charge is 0.101 e. The minimum atomic E-state index is 0.168. The zero-order valence-electron chi connectivity index (χ0n) is 8.73. The van der Waals surface area contributed by atoms with Gasteiger partial charge in [0, 0.05) is 23.2 Å². The van der Waals surface area contributed by atoms with E-state index >= 15 is 0 Å². The Morgan fingerprint density at radius 3 is 2.53 bits per heavy atom. The van der Waals surface area contributed by atoms with Crippen LogP contribution in [0, 0.1) is 6.92 Å². The largest absolute Gasteiger partial charge is 0.328 e. The molecule has 2 N–H and O–H groups in total. The summed E-state index contributed by atoms with van der Waals surface area (Å²) < 4.78 is 0. The Bertz CT molecular complexity index is 445. The van der Waals surface area contributed by atoms with Gasteiger partial charge in [0.2, 0.25) is 0 Å². The molecule has 0 saturated heterocycles. The average molecular weight is 239 g/mol. The minimum absolute atomic E-state index is 0.168. The van der Waals surface area contributed by atoms with E-state index in [1.165, 1.54) is 0 Å². The molecule has 0 aromatic carbocycles. The molecule has 0 aliphatic carbocycles. The van der Waals surface area contributed by atoms with Crippen molar-refractivity contribution in [2.75, 3.05) is 0 Å². The van der Waals surface area contributed by atoms with Gasteiger partial charge in [-0.15, -0.1) is 22.7 Å². The van der Waals surface area contributed by atoms with Crippen molar-refractivity contribution in [2.24, 2.45) is 5.73 Å². The molecule has 0 aliphatic rings. The number of nitrogens with two attached hydrogens (primary N) is 1. The highest BCUT2D eigenvalue weighted by atomic mass is 32.1. The first kappa shape index (κ1) is 10.7. The molecular weight excluding hydrogens is 226 g/mol. The van der Waals surface area contributed by atoms with Crippen LogP contribution in [0.5, 0.6) is 0 Å². The lowest BCUT2D eigenvalue weighted by atomic mass is 10.3. The van der Waals surface area contributed by atoms with Crippen molar-refractivity contribution >= 4 is 22.7 Å². The van der Waals surface area contributed by atoms with Crippen LogP contribution in [0.1, 0.15) is 16.9 Å². The lowest BCUT2D eigenvalue weighted by Crippen LogP contribution is -2.17. The molecule has 0 bridgehead atoms.